The van der Waals surface area contributed by atoms with Gasteiger partial charge in [-0.2, -0.15) is 0 Å². The van der Waals surface area contributed by atoms with Crippen LogP contribution in [0, 0.1) is 13.8 Å². The highest BCUT2D eigenvalue weighted by Gasteiger charge is 2.17. The number of benzene rings is 3. The molecule has 3 aromatic carbocycles. The van der Waals surface area contributed by atoms with E-state index in [1.54, 1.807) is 18.2 Å². The lowest BCUT2D eigenvalue weighted by molar-refractivity contribution is 0.0696. The van der Waals surface area contributed by atoms with E-state index in [1.165, 1.54) is 0 Å². The second-order valence-corrected chi connectivity index (χ2v) is 9.46. The van der Waals surface area contributed by atoms with Crippen molar-refractivity contribution in [2.75, 3.05) is 0 Å². The predicted molar refractivity (Wildman–Crippen MR) is 142 cm³/mol. The summed E-state index contributed by atoms with van der Waals surface area (Å²) in [6, 6.07) is 20.4. The Morgan fingerprint density at radius 2 is 1.67 bits per heavy atom. The molecule has 186 valence electrons. The predicted octanol–water partition coefficient (Wildman–Crippen LogP) is 6.28. The molecule has 0 saturated heterocycles. The molecule has 0 aliphatic rings. The number of carbonyl (C=O) groups excluding carboxylic acids is 1. The summed E-state index contributed by atoms with van der Waals surface area (Å²) in [5.41, 5.74) is 5.98. The van der Waals surface area contributed by atoms with E-state index in [2.05, 4.69) is 9.88 Å². The van der Waals surface area contributed by atoms with Gasteiger partial charge in [-0.3, -0.25) is 4.79 Å². The Morgan fingerprint density at radius 1 is 0.944 bits per heavy atom. The lowest BCUT2D eigenvalue weighted by Gasteiger charge is -2.16. The highest BCUT2D eigenvalue weighted by molar-refractivity contribution is 5.99. The van der Waals surface area contributed by atoms with E-state index in [-0.39, 0.29) is 23.6 Å². The number of nitrogens with one attached hydrogen (secondary N) is 1. The average molecular weight is 485 g/mol. The van der Waals surface area contributed by atoms with Gasteiger partial charge in [0.1, 0.15) is 5.75 Å². The quantitative estimate of drug-likeness (QED) is 0.308. The van der Waals surface area contributed by atoms with Gasteiger partial charge in [0.05, 0.1) is 17.7 Å². The lowest BCUT2D eigenvalue weighted by Crippen LogP contribution is -2.26. The summed E-state index contributed by atoms with van der Waals surface area (Å²) >= 11 is 0. The van der Waals surface area contributed by atoms with Gasteiger partial charge in [-0.15, -0.1) is 0 Å². The second kappa shape index (κ2) is 10.3. The summed E-state index contributed by atoms with van der Waals surface area (Å²) in [5, 5.41) is 13.4. The Labute approximate surface area is 211 Å². The van der Waals surface area contributed by atoms with Crippen LogP contribution in [-0.2, 0) is 6.54 Å². The lowest BCUT2D eigenvalue weighted by atomic mass is 10.1. The molecule has 1 unspecified atom stereocenters. The molecule has 0 bridgehead atoms. The first-order valence-electron chi connectivity index (χ1n) is 12.1. The molecule has 0 radical (unpaired) electrons. The molecule has 6 heteroatoms. The summed E-state index contributed by atoms with van der Waals surface area (Å²) in [6.45, 7) is 10.6. The third-order valence-electron chi connectivity index (χ3n) is 6.52. The zero-order valence-electron chi connectivity index (χ0n) is 21.3. The molecule has 0 aliphatic heterocycles. The van der Waals surface area contributed by atoms with Gasteiger partial charge in [-0.05, 0) is 93.8 Å². The number of carboxylic acids is 1. The summed E-state index contributed by atoms with van der Waals surface area (Å²) < 4.78 is 7.86. The van der Waals surface area contributed by atoms with Crippen LogP contribution in [0.5, 0.6) is 5.75 Å². The van der Waals surface area contributed by atoms with Crippen LogP contribution in [0.1, 0.15) is 69.9 Å². The van der Waals surface area contributed by atoms with Crippen LogP contribution in [0.3, 0.4) is 0 Å². The van der Waals surface area contributed by atoms with Crippen molar-refractivity contribution < 1.29 is 19.4 Å². The molecule has 4 aromatic rings. The second-order valence-electron chi connectivity index (χ2n) is 9.46. The Kier molecular flexibility index (Phi) is 7.15. The largest absolute Gasteiger partial charge is 0.491 e. The van der Waals surface area contributed by atoms with E-state index in [4.69, 9.17) is 4.74 Å². The van der Waals surface area contributed by atoms with Gasteiger partial charge in [0.25, 0.3) is 5.91 Å². The monoisotopic (exact) mass is 484 g/mol. The zero-order valence-corrected chi connectivity index (χ0v) is 21.3. The van der Waals surface area contributed by atoms with E-state index >= 15 is 0 Å². The van der Waals surface area contributed by atoms with Crippen molar-refractivity contribution in [1.82, 2.24) is 9.88 Å². The van der Waals surface area contributed by atoms with Crippen molar-refractivity contribution in [3.63, 3.8) is 0 Å². The summed E-state index contributed by atoms with van der Waals surface area (Å²) in [7, 11) is 0. The van der Waals surface area contributed by atoms with Gasteiger partial charge in [-0.1, -0.05) is 24.3 Å². The fourth-order valence-electron chi connectivity index (χ4n) is 4.45. The number of aryl methyl sites for hydroxylation is 1. The van der Waals surface area contributed by atoms with Crippen LogP contribution in [0.2, 0.25) is 0 Å². The number of hydrogen-bond acceptors (Lipinski definition) is 3. The summed E-state index contributed by atoms with van der Waals surface area (Å²) in [4.78, 5) is 24.4. The van der Waals surface area contributed by atoms with Crippen LogP contribution in [0.4, 0.5) is 0 Å². The fourth-order valence-corrected chi connectivity index (χ4v) is 4.45. The fraction of sp³-hybridized carbons (Fsp3) is 0.267. The number of amides is 1. The minimum atomic E-state index is -0.938. The molecule has 2 N–H and O–H groups in total. The van der Waals surface area contributed by atoms with E-state index < -0.39 is 5.97 Å². The maximum Gasteiger partial charge on any atom is 0.335 e. The number of fused-ring (bicyclic) bond motifs is 1. The van der Waals surface area contributed by atoms with E-state index in [1.807, 2.05) is 83.1 Å². The molecule has 0 fully saturated rings. The topological polar surface area (TPSA) is 80.6 Å². The zero-order chi connectivity index (χ0) is 26.0. The highest BCUT2D eigenvalue weighted by atomic mass is 16.5. The molecule has 0 spiro atoms. The van der Waals surface area contributed by atoms with Gasteiger partial charge in [-0.25, -0.2) is 4.79 Å². The number of aromatic nitrogens is 1. The van der Waals surface area contributed by atoms with Gasteiger partial charge in [0.2, 0.25) is 0 Å². The molecule has 1 heterocycles. The molecule has 0 saturated carbocycles. The van der Waals surface area contributed by atoms with Crippen molar-refractivity contribution in [1.29, 1.82) is 0 Å². The minimum absolute atomic E-state index is 0.111. The smallest absolute Gasteiger partial charge is 0.335 e. The first kappa shape index (κ1) is 25.0. The standard InChI is InChI=1S/C30H32N2O4/c1-18(2)36-26-12-9-23(10-13-26)20(4)31-29(33)24-11-14-28-27(16-24)19(3)21(5)32(28)17-22-7-6-8-25(15-22)30(34)35/h6-16,18,20H,17H2,1-5H3,(H,31,33)(H,34,35). The summed E-state index contributed by atoms with van der Waals surface area (Å²) in [6.07, 6.45) is 0.111. The van der Waals surface area contributed by atoms with Crippen molar-refractivity contribution in [3.8, 4) is 5.75 Å². The first-order valence-corrected chi connectivity index (χ1v) is 12.1. The molecule has 1 aromatic heterocycles. The van der Waals surface area contributed by atoms with Crippen molar-refractivity contribution in [2.45, 2.75) is 53.3 Å². The maximum atomic E-state index is 13.1. The SMILES string of the molecule is Cc1c(C)n(Cc2cccc(C(=O)O)c2)c2ccc(C(=O)NC(C)c3ccc(OC(C)C)cc3)cc12. The molecular weight excluding hydrogens is 452 g/mol. The van der Waals surface area contributed by atoms with Crippen LogP contribution in [0.15, 0.2) is 66.7 Å². The van der Waals surface area contributed by atoms with Crippen LogP contribution in [0.25, 0.3) is 10.9 Å². The summed E-state index contributed by atoms with van der Waals surface area (Å²) in [5.74, 6) is -0.263. The third-order valence-corrected chi connectivity index (χ3v) is 6.52. The number of ether oxygens (including phenoxy) is 1. The average Bonchev–Trinajstić information content (AvgIpc) is 3.08. The van der Waals surface area contributed by atoms with E-state index in [9.17, 15) is 14.7 Å². The first-order chi connectivity index (χ1) is 17.1. The molecule has 4 rings (SSSR count). The van der Waals surface area contributed by atoms with E-state index in [0.29, 0.717) is 12.1 Å². The van der Waals surface area contributed by atoms with Crippen molar-refractivity contribution >= 4 is 22.8 Å². The van der Waals surface area contributed by atoms with Gasteiger partial charge < -0.3 is 19.7 Å². The third kappa shape index (κ3) is 5.28. The number of aromatic carboxylic acids is 1. The molecule has 1 atom stereocenters. The number of nitrogens with zero attached hydrogens (tertiary/aromatic N) is 1. The van der Waals surface area contributed by atoms with Crippen molar-refractivity contribution in [3.05, 3.63) is 100 Å². The minimum Gasteiger partial charge on any atom is -0.491 e. The Balaban J connectivity index is 1.55. The van der Waals surface area contributed by atoms with Crippen LogP contribution >= 0.6 is 0 Å². The Bertz CT molecular complexity index is 1420. The number of hydrogen-bond donors (Lipinski definition) is 2. The number of carbonyl (C=O) groups is 2. The Hall–Kier alpha value is -4.06. The van der Waals surface area contributed by atoms with E-state index in [0.717, 1.165) is 39.0 Å². The number of carboxylic acid groups (broad SMARTS) is 1. The van der Waals surface area contributed by atoms with Gasteiger partial charge in [0, 0.05) is 28.7 Å². The highest BCUT2D eigenvalue weighted by Crippen LogP contribution is 2.28. The van der Waals surface area contributed by atoms with Gasteiger partial charge in [0.15, 0.2) is 0 Å². The maximum absolute atomic E-state index is 13.1. The molecule has 6 nitrogen and oxygen atoms in total. The normalized spacial score (nSPS) is 12.1. The molecule has 36 heavy (non-hydrogen) atoms. The van der Waals surface area contributed by atoms with Crippen molar-refractivity contribution in [2.24, 2.45) is 0 Å². The van der Waals surface area contributed by atoms with Crippen LogP contribution in [-0.4, -0.2) is 27.7 Å². The van der Waals surface area contributed by atoms with Gasteiger partial charge >= 0.3 is 5.97 Å². The number of rotatable bonds is 8. The molecule has 1 amide bonds. The molecular formula is C30H32N2O4. The van der Waals surface area contributed by atoms with Crippen LogP contribution < -0.4 is 10.1 Å². The molecule has 0 aliphatic carbocycles. The Morgan fingerprint density at radius 3 is 2.33 bits per heavy atom.